The van der Waals surface area contributed by atoms with E-state index in [4.69, 9.17) is 0 Å². The number of sulfone groups is 1. The Kier molecular flexibility index (Phi) is 5.94. The molecule has 0 saturated heterocycles. The minimum atomic E-state index is -3.52. The van der Waals surface area contributed by atoms with Gasteiger partial charge in [0.15, 0.2) is 9.84 Å². The smallest absolute Gasteiger partial charge is 0.247 e. The van der Waals surface area contributed by atoms with Crippen LogP contribution in [0.1, 0.15) is 25.8 Å². The fraction of sp³-hybridized carbons (Fsp3) is 0.333. The molecule has 6 nitrogen and oxygen atoms in total. The third-order valence-corrected chi connectivity index (χ3v) is 6.30. The topological polar surface area (TPSA) is 83.6 Å². The number of hydrogen-bond donors (Lipinski definition) is 1. The average Bonchev–Trinajstić information content (AvgIpc) is 2.64. The molecular formula is C21H22F2N2O4S. The molecule has 2 aromatic rings. The minimum Gasteiger partial charge on any atom is -0.322 e. The molecule has 0 spiro atoms. The molecule has 0 fully saturated rings. The second kappa shape index (κ2) is 8.14. The predicted octanol–water partition coefficient (Wildman–Crippen LogP) is 3.31. The number of amides is 2. The molecule has 1 aliphatic heterocycles. The van der Waals surface area contributed by atoms with E-state index in [1.807, 2.05) is 13.8 Å². The first-order valence-electron chi connectivity index (χ1n) is 9.43. The Labute approximate surface area is 173 Å². The van der Waals surface area contributed by atoms with Crippen LogP contribution in [0.3, 0.4) is 0 Å². The number of rotatable bonds is 5. The molecule has 1 N–H and O–H groups in total. The van der Waals surface area contributed by atoms with Gasteiger partial charge in [0.05, 0.1) is 22.7 Å². The van der Waals surface area contributed by atoms with E-state index in [1.54, 1.807) is 0 Å². The summed E-state index contributed by atoms with van der Waals surface area (Å²) in [6, 6.07) is 6.14. The number of fused-ring (bicyclic) bond motifs is 1. The van der Waals surface area contributed by atoms with Crippen LogP contribution in [-0.2, 0) is 25.8 Å². The summed E-state index contributed by atoms with van der Waals surface area (Å²) in [4.78, 5) is 27.3. The third-order valence-electron chi connectivity index (χ3n) is 5.19. The number of carbonyl (C=O) groups is 2. The van der Waals surface area contributed by atoms with Gasteiger partial charge in [-0.2, -0.15) is 0 Å². The Hall–Kier alpha value is -2.81. The maximum absolute atomic E-state index is 13.6. The molecule has 0 aromatic heterocycles. The van der Waals surface area contributed by atoms with E-state index in [2.05, 4.69) is 5.32 Å². The highest BCUT2D eigenvalue weighted by atomic mass is 32.2. The number of nitrogens with zero attached hydrogens (tertiary/aromatic N) is 1. The van der Waals surface area contributed by atoms with Gasteiger partial charge in [0.2, 0.25) is 11.8 Å². The SMILES string of the molecule is CC[C@@H](C)C1C(=O)Nc2cc(S(C)(=O)=O)ccc2N1C(=O)Cc1cc(F)cc(F)c1. The first-order valence-corrected chi connectivity index (χ1v) is 11.3. The van der Waals surface area contributed by atoms with Gasteiger partial charge in [-0.3, -0.25) is 14.5 Å². The van der Waals surface area contributed by atoms with Crippen LogP contribution in [0, 0.1) is 17.6 Å². The maximum Gasteiger partial charge on any atom is 0.247 e. The van der Waals surface area contributed by atoms with Crippen molar-refractivity contribution in [2.24, 2.45) is 5.92 Å². The zero-order valence-electron chi connectivity index (χ0n) is 16.8. The summed E-state index contributed by atoms with van der Waals surface area (Å²) >= 11 is 0. The number of halogens is 2. The maximum atomic E-state index is 13.6. The number of nitrogens with one attached hydrogen (secondary N) is 1. The molecule has 0 radical (unpaired) electrons. The van der Waals surface area contributed by atoms with Crippen LogP contribution in [0.5, 0.6) is 0 Å². The zero-order chi connectivity index (χ0) is 22.2. The van der Waals surface area contributed by atoms with Crippen LogP contribution < -0.4 is 10.2 Å². The van der Waals surface area contributed by atoms with Crippen LogP contribution in [0.2, 0.25) is 0 Å². The summed E-state index contributed by atoms with van der Waals surface area (Å²) < 4.78 is 50.9. The molecule has 1 unspecified atom stereocenters. The van der Waals surface area contributed by atoms with Crippen molar-refractivity contribution in [1.29, 1.82) is 0 Å². The van der Waals surface area contributed by atoms with Gasteiger partial charge in [-0.05, 0) is 41.8 Å². The van der Waals surface area contributed by atoms with Crippen LogP contribution in [0.15, 0.2) is 41.3 Å². The van der Waals surface area contributed by atoms with Crippen molar-refractivity contribution < 1.29 is 26.8 Å². The van der Waals surface area contributed by atoms with Crippen LogP contribution >= 0.6 is 0 Å². The summed E-state index contributed by atoms with van der Waals surface area (Å²) in [5.41, 5.74) is 0.677. The quantitative estimate of drug-likeness (QED) is 0.780. The Morgan fingerprint density at radius 2 is 1.80 bits per heavy atom. The third kappa shape index (κ3) is 4.35. The molecule has 1 heterocycles. The van der Waals surface area contributed by atoms with E-state index < -0.39 is 39.3 Å². The fourth-order valence-electron chi connectivity index (χ4n) is 3.53. The van der Waals surface area contributed by atoms with Gasteiger partial charge in [0, 0.05) is 12.3 Å². The summed E-state index contributed by atoms with van der Waals surface area (Å²) in [6.45, 7) is 3.70. The van der Waals surface area contributed by atoms with Crippen molar-refractivity contribution in [2.45, 2.75) is 37.6 Å². The van der Waals surface area contributed by atoms with Gasteiger partial charge in [-0.1, -0.05) is 20.3 Å². The van der Waals surface area contributed by atoms with Crippen molar-refractivity contribution in [2.75, 3.05) is 16.5 Å². The molecule has 9 heteroatoms. The molecule has 0 aliphatic carbocycles. The van der Waals surface area contributed by atoms with E-state index >= 15 is 0 Å². The summed E-state index contributed by atoms with van der Waals surface area (Å²) in [5.74, 6) is -2.77. The Bertz CT molecular complexity index is 1100. The summed E-state index contributed by atoms with van der Waals surface area (Å²) in [5, 5.41) is 2.69. The van der Waals surface area contributed by atoms with Gasteiger partial charge in [-0.25, -0.2) is 17.2 Å². The second-order valence-electron chi connectivity index (χ2n) is 7.49. The largest absolute Gasteiger partial charge is 0.322 e. The molecular weight excluding hydrogens is 414 g/mol. The molecule has 160 valence electrons. The van der Waals surface area contributed by atoms with E-state index in [0.29, 0.717) is 18.2 Å². The number of hydrogen-bond acceptors (Lipinski definition) is 4. The first-order chi connectivity index (χ1) is 14.0. The summed E-state index contributed by atoms with van der Waals surface area (Å²) in [7, 11) is -3.52. The molecule has 2 atom stereocenters. The number of benzene rings is 2. The van der Waals surface area contributed by atoms with Gasteiger partial charge in [-0.15, -0.1) is 0 Å². The minimum absolute atomic E-state index is 0.00291. The van der Waals surface area contributed by atoms with E-state index in [0.717, 1.165) is 18.4 Å². The first kappa shape index (κ1) is 21.9. The van der Waals surface area contributed by atoms with Crippen molar-refractivity contribution in [3.63, 3.8) is 0 Å². The standard InChI is InChI=1S/C21H22F2N2O4S/c1-4-12(2)20-21(27)24-17-11-16(30(3,28)29)5-6-18(17)25(20)19(26)9-13-7-14(22)10-15(23)8-13/h5-8,10-12,20H,4,9H2,1-3H3,(H,24,27)/t12-,20?/m1/s1. The van der Waals surface area contributed by atoms with Crippen LogP contribution in [-0.4, -0.2) is 32.5 Å². The predicted molar refractivity (Wildman–Crippen MR) is 109 cm³/mol. The average molecular weight is 436 g/mol. The fourth-order valence-corrected chi connectivity index (χ4v) is 4.18. The van der Waals surface area contributed by atoms with Crippen molar-refractivity contribution in [1.82, 2.24) is 0 Å². The molecule has 0 bridgehead atoms. The number of anilines is 2. The summed E-state index contributed by atoms with van der Waals surface area (Å²) in [6.07, 6.45) is 1.33. The van der Waals surface area contributed by atoms with Gasteiger partial charge < -0.3 is 5.32 Å². The Morgan fingerprint density at radius 1 is 1.17 bits per heavy atom. The van der Waals surface area contributed by atoms with Crippen molar-refractivity contribution in [3.8, 4) is 0 Å². The molecule has 3 rings (SSSR count). The van der Waals surface area contributed by atoms with E-state index in [-0.39, 0.29) is 28.5 Å². The zero-order valence-corrected chi connectivity index (χ0v) is 17.6. The van der Waals surface area contributed by atoms with Crippen LogP contribution in [0.4, 0.5) is 20.2 Å². The molecule has 1 aliphatic rings. The van der Waals surface area contributed by atoms with Crippen LogP contribution in [0.25, 0.3) is 0 Å². The molecule has 2 amide bonds. The molecule has 2 aromatic carbocycles. The lowest BCUT2D eigenvalue weighted by Gasteiger charge is -2.39. The van der Waals surface area contributed by atoms with Crippen molar-refractivity contribution in [3.05, 3.63) is 53.6 Å². The van der Waals surface area contributed by atoms with Crippen molar-refractivity contribution >= 4 is 33.0 Å². The van der Waals surface area contributed by atoms with Gasteiger partial charge >= 0.3 is 0 Å². The van der Waals surface area contributed by atoms with Gasteiger partial charge in [0.1, 0.15) is 17.7 Å². The normalized spacial score (nSPS) is 17.3. The number of carbonyl (C=O) groups excluding carboxylic acids is 2. The Balaban J connectivity index is 2.07. The molecule has 0 saturated carbocycles. The lowest BCUT2D eigenvalue weighted by Crippen LogP contribution is -2.54. The lowest BCUT2D eigenvalue weighted by molar-refractivity contribution is -0.124. The Morgan fingerprint density at radius 3 is 2.37 bits per heavy atom. The van der Waals surface area contributed by atoms with E-state index in [1.165, 1.54) is 23.1 Å². The van der Waals surface area contributed by atoms with Gasteiger partial charge in [0.25, 0.3) is 0 Å². The highest BCUT2D eigenvalue weighted by Crippen LogP contribution is 2.37. The highest BCUT2D eigenvalue weighted by molar-refractivity contribution is 7.90. The monoisotopic (exact) mass is 436 g/mol. The van der Waals surface area contributed by atoms with E-state index in [9.17, 15) is 26.8 Å². The highest BCUT2D eigenvalue weighted by Gasteiger charge is 2.39. The molecule has 30 heavy (non-hydrogen) atoms. The lowest BCUT2D eigenvalue weighted by atomic mass is 9.93. The second-order valence-corrected chi connectivity index (χ2v) is 9.50.